The van der Waals surface area contributed by atoms with E-state index in [1.807, 2.05) is 6.07 Å². The van der Waals surface area contributed by atoms with Gasteiger partial charge in [0.2, 0.25) is 0 Å². The van der Waals surface area contributed by atoms with Crippen LogP contribution in [0.4, 0.5) is 0 Å². The molecule has 1 aliphatic rings. The van der Waals surface area contributed by atoms with Crippen molar-refractivity contribution in [2.45, 2.75) is 31.2 Å². The normalized spacial score (nSPS) is 21.0. The fourth-order valence-electron chi connectivity index (χ4n) is 2.88. The zero-order chi connectivity index (χ0) is 15.0. The molecule has 1 atom stereocenters. The third-order valence-corrected chi connectivity index (χ3v) is 6.36. The van der Waals surface area contributed by atoms with Crippen LogP contribution in [0.3, 0.4) is 0 Å². The Bertz CT molecular complexity index is 757. The maximum absolute atomic E-state index is 12.9. The van der Waals surface area contributed by atoms with E-state index in [4.69, 9.17) is 11.6 Å². The van der Waals surface area contributed by atoms with Crippen LogP contribution in [0, 0.1) is 5.92 Å². The summed E-state index contributed by atoms with van der Waals surface area (Å²) < 4.78 is 28.9. The second kappa shape index (κ2) is 5.59. The maximum Gasteiger partial charge on any atom is 0.262 e. The molecule has 3 heterocycles. The lowest BCUT2D eigenvalue weighted by atomic mass is 9.97. The maximum atomic E-state index is 12.9. The molecule has 0 bridgehead atoms. The molecule has 0 aromatic carbocycles. The van der Waals surface area contributed by atoms with Crippen LogP contribution in [0.5, 0.6) is 0 Å². The minimum atomic E-state index is -3.62. The van der Waals surface area contributed by atoms with E-state index in [9.17, 15) is 8.42 Å². The molecule has 7 heteroatoms. The number of aromatic nitrogens is 2. The highest BCUT2D eigenvalue weighted by molar-refractivity contribution is 7.89. The Balaban J connectivity index is 2.06. The van der Waals surface area contributed by atoms with Crippen molar-refractivity contribution in [3.63, 3.8) is 0 Å². The quantitative estimate of drug-likeness (QED) is 0.871. The summed E-state index contributed by atoms with van der Waals surface area (Å²) in [4.78, 5) is 4.14. The first-order valence-corrected chi connectivity index (χ1v) is 8.98. The predicted octanol–water partition coefficient (Wildman–Crippen LogP) is 2.80. The van der Waals surface area contributed by atoms with Gasteiger partial charge in [-0.25, -0.2) is 13.4 Å². The summed E-state index contributed by atoms with van der Waals surface area (Å²) in [5.41, 5.74) is 0.546. The molecule has 0 radical (unpaired) electrons. The Labute approximate surface area is 129 Å². The highest BCUT2D eigenvalue weighted by atomic mass is 35.5. The second-order valence-corrected chi connectivity index (χ2v) is 7.63. The van der Waals surface area contributed by atoms with Gasteiger partial charge in [-0.2, -0.15) is 4.31 Å². The zero-order valence-corrected chi connectivity index (χ0v) is 13.4. The van der Waals surface area contributed by atoms with Crippen molar-refractivity contribution in [1.82, 2.24) is 13.7 Å². The summed E-state index contributed by atoms with van der Waals surface area (Å²) in [6.45, 7) is 3.21. The summed E-state index contributed by atoms with van der Waals surface area (Å²) in [7, 11) is -3.62. The van der Waals surface area contributed by atoms with E-state index in [2.05, 4.69) is 11.9 Å². The van der Waals surface area contributed by atoms with Gasteiger partial charge in [0.1, 0.15) is 5.65 Å². The second-order valence-electron chi connectivity index (χ2n) is 5.42. The number of sulfonamides is 1. The largest absolute Gasteiger partial charge is 0.288 e. The molecule has 2 aromatic rings. The molecule has 114 valence electrons. The van der Waals surface area contributed by atoms with Crippen LogP contribution in [-0.2, 0) is 10.0 Å². The third-order valence-electron chi connectivity index (χ3n) is 4.09. The van der Waals surface area contributed by atoms with Gasteiger partial charge in [0, 0.05) is 19.3 Å². The topological polar surface area (TPSA) is 54.7 Å². The lowest BCUT2D eigenvalue weighted by Crippen LogP contribution is -2.40. The molecule has 2 aromatic heterocycles. The first kappa shape index (κ1) is 14.8. The number of hydrogen-bond acceptors (Lipinski definition) is 3. The van der Waals surface area contributed by atoms with Gasteiger partial charge in [-0.1, -0.05) is 31.0 Å². The number of hydrogen-bond donors (Lipinski definition) is 0. The highest BCUT2D eigenvalue weighted by Crippen LogP contribution is 2.29. The predicted molar refractivity (Wildman–Crippen MR) is 82.0 cm³/mol. The summed E-state index contributed by atoms with van der Waals surface area (Å²) >= 11 is 6.10. The molecule has 1 saturated heterocycles. The van der Waals surface area contributed by atoms with E-state index in [1.165, 1.54) is 0 Å². The monoisotopic (exact) mass is 327 g/mol. The van der Waals surface area contributed by atoms with Gasteiger partial charge in [0.15, 0.2) is 10.2 Å². The molecule has 21 heavy (non-hydrogen) atoms. The van der Waals surface area contributed by atoms with Crippen molar-refractivity contribution >= 4 is 27.3 Å². The summed E-state index contributed by atoms with van der Waals surface area (Å²) in [6.07, 6.45) is 4.66. The number of fused-ring (bicyclic) bond motifs is 1. The van der Waals surface area contributed by atoms with Crippen molar-refractivity contribution in [2.24, 2.45) is 5.92 Å². The van der Waals surface area contributed by atoms with Crippen LogP contribution in [0.15, 0.2) is 29.4 Å². The molecule has 5 nitrogen and oxygen atoms in total. The zero-order valence-electron chi connectivity index (χ0n) is 11.9. The van der Waals surface area contributed by atoms with E-state index in [-0.39, 0.29) is 10.2 Å². The Morgan fingerprint density at radius 1 is 1.43 bits per heavy atom. The number of piperidine rings is 1. The first-order valence-electron chi connectivity index (χ1n) is 7.16. The van der Waals surface area contributed by atoms with Crippen molar-refractivity contribution < 1.29 is 8.42 Å². The minimum Gasteiger partial charge on any atom is -0.288 e. The van der Waals surface area contributed by atoms with E-state index in [0.29, 0.717) is 24.7 Å². The smallest absolute Gasteiger partial charge is 0.262 e. The number of pyridine rings is 1. The van der Waals surface area contributed by atoms with Gasteiger partial charge in [-0.05, 0) is 30.9 Å². The van der Waals surface area contributed by atoms with Crippen LogP contribution >= 0.6 is 11.6 Å². The van der Waals surface area contributed by atoms with Crippen molar-refractivity contribution in [2.75, 3.05) is 13.1 Å². The van der Waals surface area contributed by atoms with Gasteiger partial charge in [0.05, 0.1) is 0 Å². The van der Waals surface area contributed by atoms with Crippen LogP contribution in [0.1, 0.15) is 26.2 Å². The molecule has 1 aliphatic heterocycles. The fraction of sp³-hybridized carbons (Fsp3) is 0.500. The highest BCUT2D eigenvalue weighted by Gasteiger charge is 2.34. The summed E-state index contributed by atoms with van der Waals surface area (Å²) in [5, 5.41) is 0.122. The number of rotatable bonds is 3. The summed E-state index contributed by atoms with van der Waals surface area (Å²) in [6, 6.07) is 5.33. The Morgan fingerprint density at radius 2 is 2.24 bits per heavy atom. The van der Waals surface area contributed by atoms with Gasteiger partial charge in [-0.3, -0.25) is 4.40 Å². The number of imidazole rings is 1. The van der Waals surface area contributed by atoms with E-state index < -0.39 is 10.0 Å². The fourth-order valence-corrected chi connectivity index (χ4v) is 5.03. The van der Waals surface area contributed by atoms with Crippen LogP contribution in [-0.4, -0.2) is 35.2 Å². The van der Waals surface area contributed by atoms with Gasteiger partial charge < -0.3 is 0 Å². The molecule has 1 unspecified atom stereocenters. The molecule has 3 rings (SSSR count). The van der Waals surface area contributed by atoms with Crippen LogP contribution < -0.4 is 0 Å². The Kier molecular flexibility index (Phi) is 3.94. The first-order chi connectivity index (χ1) is 10.0. The summed E-state index contributed by atoms with van der Waals surface area (Å²) in [5.74, 6) is 0.423. The minimum absolute atomic E-state index is 0.0415. The van der Waals surface area contributed by atoms with E-state index in [1.54, 1.807) is 27.0 Å². The molecular formula is C14H18ClN3O2S. The van der Waals surface area contributed by atoms with Gasteiger partial charge in [0.25, 0.3) is 10.0 Å². The lowest BCUT2D eigenvalue weighted by molar-refractivity contribution is 0.261. The molecule has 0 saturated carbocycles. The van der Waals surface area contributed by atoms with Gasteiger partial charge in [-0.15, -0.1) is 0 Å². The van der Waals surface area contributed by atoms with Crippen LogP contribution in [0.25, 0.3) is 5.65 Å². The molecule has 0 amide bonds. The van der Waals surface area contributed by atoms with Crippen molar-refractivity contribution in [3.05, 3.63) is 29.5 Å². The van der Waals surface area contributed by atoms with Gasteiger partial charge >= 0.3 is 0 Å². The number of halogens is 1. The molecule has 0 N–H and O–H groups in total. The SMILES string of the molecule is CCC1CCCN(S(=O)(=O)c2c(Cl)nc3ccccn23)C1. The Morgan fingerprint density at radius 3 is 3.00 bits per heavy atom. The molecule has 1 fully saturated rings. The van der Waals surface area contributed by atoms with Crippen molar-refractivity contribution in [1.29, 1.82) is 0 Å². The molecule has 0 aliphatic carbocycles. The lowest BCUT2D eigenvalue weighted by Gasteiger charge is -2.31. The standard InChI is InChI=1S/C14H18ClN3O2S/c1-2-11-6-5-8-17(10-11)21(19,20)14-13(15)16-12-7-3-4-9-18(12)14/h3-4,7,9,11H,2,5-6,8,10H2,1H3. The van der Waals surface area contributed by atoms with E-state index in [0.717, 1.165) is 19.3 Å². The van der Waals surface area contributed by atoms with Crippen molar-refractivity contribution in [3.8, 4) is 0 Å². The molecule has 0 spiro atoms. The average molecular weight is 328 g/mol. The van der Waals surface area contributed by atoms with Crippen LogP contribution in [0.2, 0.25) is 5.15 Å². The molecular weight excluding hydrogens is 310 g/mol. The third kappa shape index (κ3) is 2.56. The van der Waals surface area contributed by atoms with E-state index >= 15 is 0 Å². The average Bonchev–Trinajstić information content (AvgIpc) is 2.83. The number of nitrogens with zero attached hydrogens (tertiary/aromatic N) is 3. The Hall–Kier alpha value is -1.11.